The Bertz CT molecular complexity index is 660. The van der Waals surface area contributed by atoms with Crippen molar-refractivity contribution in [2.45, 2.75) is 77.2 Å². The molecule has 3 nitrogen and oxygen atoms in total. The molecule has 27 heavy (non-hydrogen) atoms. The van der Waals surface area contributed by atoms with Crippen LogP contribution in [0.2, 0.25) is 0 Å². The zero-order chi connectivity index (χ0) is 18.4. The summed E-state index contributed by atoms with van der Waals surface area (Å²) in [6.07, 6.45) is 12.9. The summed E-state index contributed by atoms with van der Waals surface area (Å²) < 4.78 is 0. The highest BCUT2D eigenvalue weighted by Gasteiger charge is 2.51. The van der Waals surface area contributed by atoms with Gasteiger partial charge >= 0.3 is 0 Å². The first-order valence-corrected chi connectivity index (χ1v) is 11.3. The Kier molecular flexibility index (Phi) is 4.44. The molecule has 1 aliphatic heterocycles. The van der Waals surface area contributed by atoms with Crippen molar-refractivity contribution in [3.05, 3.63) is 24.3 Å². The van der Waals surface area contributed by atoms with E-state index in [1.165, 1.54) is 63.5 Å². The minimum Gasteiger partial charge on any atom is -0.369 e. The molecule has 1 aromatic carbocycles. The summed E-state index contributed by atoms with van der Waals surface area (Å²) >= 11 is 0. The van der Waals surface area contributed by atoms with Crippen molar-refractivity contribution in [2.75, 3.05) is 16.8 Å². The molecule has 0 aromatic heterocycles. The van der Waals surface area contributed by atoms with E-state index in [0.717, 1.165) is 36.4 Å². The Morgan fingerprint density at radius 1 is 1.04 bits per heavy atom. The van der Waals surface area contributed by atoms with Gasteiger partial charge in [-0.1, -0.05) is 0 Å². The lowest BCUT2D eigenvalue weighted by Gasteiger charge is -2.56. The van der Waals surface area contributed by atoms with Crippen molar-refractivity contribution in [3.8, 4) is 0 Å². The van der Waals surface area contributed by atoms with Gasteiger partial charge in [0.15, 0.2) is 0 Å². The second-order valence-electron chi connectivity index (χ2n) is 10.2. The van der Waals surface area contributed by atoms with E-state index in [2.05, 4.69) is 41.4 Å². The van der Waals surface area contributed by atoms with Gasteiger partial charge in [-0.3, -0.25) is 4.79 Å². The van der Waals surface area contributed by atoms with Gasteiger partial charge in [0.1, 0.15) is 0 Å². The van der Waals surface area contributed by atoms with Crippen molar-refractivity contribution in [2.24, 2.45) is 23.2 Å². The van der Waals surface area contributed by atoms with Crippen molar-refractivity contribution in [1.29, 1.82) is 0 Å². The van der Waals surface area contributed by atoms with Crippen LogP contribution in [0.3, 0.4) is 0 Å². The van der Waals surface area contributed by atoms with Crippen LogP contribution in [0.5, 0.6) is 0 Å². The smallest absolute Gasteiger partial charge is 0.224 e. The average Bonchev–Trinajstić information content (AvgIpc) is 2.61. The zero-order valence-corrected chi connectivity index (χ0v) is 16.8. The minimum atomic E-state index is 0.232. The highest BCUT2D eigenvalue weighted by molar-refractivity contribution is 5.91. The first-order valence-electron chi connectivity index (χ1n) is 11.3. The van der Waals surface area contributed by atoms with Crippen LogP contribution in [0.1, 0.15) is 71.1 Å². The number of hydrogen-bond acceptors (Lipinski definition) is 2. The van der Waals surface area contributed by atoms with Crippen LogP contribution in [0.25, 0.3) is 0 Å². The Labute approximate surface area is 163 Å². The topological polar surface area (TPSA) is 32.3 Å². The highest BCUT2D eigenvalue weighted by atomic mass is 16.1. The molecule has 5 fully saturated rings. The van der Waals surface area contributed by atoms with Gasteiger partial charge in [0, 0.05) is 30.4 Å². The predicted octanol–water partition coefficient (Wildman–Crippen LogP) is 5.61. The first kappa shape index (κ1) is 17.6. The number of nitrogens with one attached hydrogen (secondary N) is 1. The Morgan fingerprint density at radius 3 is 2.26 bits per heavy atom. The van der Waals surface area contributed by atoms with Crippen LogP contribution in [0, 0.1) is 23.2 Å². The van der Waals surface area contributed by atoms with Gasteiger partial charge in [-0.2, -0.15) is 0 Å². The van der Waals surface area contributed by atoms with Crippen molar-refractivity contribution in [3.63, 3.8) is 0 Å². The number of nitrogens with zero attached hydrogens (tertiary/aromatic N) is 1. The van der Waals surface area contributed by atoms with Crippen LogP contribution in [0.4, 0.5) is 11.4 Å². The maximum absolute atomic E-state index is 12.8. The van der Waals surface area contributed by atoms with Crippen molar-refractivity contribution >= 4 is 17.3 Å². The number of anilines is 2. The molecule has 4 bridgehead atoms. The summed E-state index contributed by atoms with van der Waals surface area (Å²) in [5.41, 5.74) is 2.57. The van der Waals surface area contributed by atoms with Crippen molar-refractivity contribution < 1.29 is 4.79 Å². The van der Waals surface area contributed by atoms with E-state index < -0.39 is 0 Å². The molecule has 0 unspecified atom stereocenters. The molecule has 146 valence electrons. The van der Waals surface area contributed by atoms with E-state index in [4.69, 9.17) is 0 Å². The van der Waals surface area contributed by atoms with Crippen LogP contribution < -0.4 is 10.2 Å². The molecule has 1 aromatic rings. The standard InChI is InChI=1S/C24H34N2O/c1-17-4-2-3-9-26(17)22-7-5-21(6-8-22)25-23(27)16-24-13-18-10-19(14-24)12-20(11-18)15-24/h5-8,17-20H,2-4,9-16H2,1H3,(H,25,27)/t17-,18?,19?,20?,24?/m1/s1. The molecule has 6 rings (SSSR count). The highest BCUT2D eigenvalue weighted by Crippen LogP contribution is 2.61. The van der Waals surface area contributed by atoms with E-state index >= 15 is 0 Å². The Morgan fingerprint density at radius 2 is 1.67 bits per heavy atom. The predicted molar refractivity (Wildman–Crippen MR) is 111 cm³/mol. The van der Waals surface area contributed by atoms with Gasteiger partial charge in [-0.05, 0) is 112 Å². The maximum Gasteiger partial charge on any atom is 0.224 e. The molecule has 1 atom stereocenters. The maximum atomic E-state index is 12.8. The lowest BCUT2D eigenvalue weighted by atomic mass is 9.49. The van der Waals surface area contributed by atoms with E-state index in [9.17, 15) is 4.79 Å². The quantitative estimate of drug-likeness (QED) is 0.751. The zero-order valence-electron chi connectivity index (χ0n) is 16.8. The fraction of sp³-hybridized carbons (Fsp3) is 0.708. The summed E-state index contributed by atoms with van der Waals surface area (Å²) in [6.45, 7) is 3.47. The fourth-order valence-electron chi connectivity index (χ4n) is 7.27. The number of rotatable bonds is 4. The van der Waals surface area contributed by atoms with Crippen LogP contribution in [0.15, 0.2) is 24.3 Å². The summed E-state index contributed by atoms with van der Waals surface area (Å²) in [5.74, 6) is 2.97. The van der Waals surface area contributed by atoms with Gasteiger partial charge < -0.3 is 10.2 Å². The number of amides is 1. The molecular weight excluding hydrogens is 332 g/mol. The number of benzene rings is 1. The molecule has 1 N–H and O–H groups in total. The summed E-state index contributed by atoms with van der Waals surface area (Å²) in [7, 11) is 0. The third kappa shape index (κ3) is 3.50. The van der Waals surface area contributed by atoms with E-state index in [-0.39, 0.29) is 5.91 Å². The van der Waals surface area contributed by atoms with Gasteiger partial charge in [0.05, 0.1) is 0 Å². The molecule has 1 amide bonds. The average molecular weight is 367 g/mol. The largest absolute Gasteiger partial charge is 0.369 e. The van der Waals surface area contributed by atoms with Gasteiger partial charge in [-0.25, -0.2) is 0 Å². The minimum absolute atomic E-state index is 0.232. The van der Waals surface area contributed by atoms with Gasteiger partial charge in [0.2, 0.25) is 5.91 Å². The second kappa shape index (κ2) is 6.83. The normalized spacial score (nSPS) is 37.4. The van der Waals surface area contributed by atoms with Crippen LogP contribution in [-0.4, -0.2) is 18.5 Å². The first-order chi connectivity index (χ1) is 13.1. The molecule has 0 spiro atoms. The summed E-state index contributed by atoms with van der Waals surface area (Å²) in [6, 6.07) is 9.17. The summed E-state index contributed by atoms with van der Waals surface area (Å²) in [5, 5.41) is 3.20. The number of piperidine rings is 1. The molecule has 0 radical (unpaired) electrons. The molecule has 1 saturated heterocycles. The lowest BCUT2D eigenvalue weighted by Crippen LogP contribution is -2.47. The second-order valence-corrected chi connectivity index (χ2v) is 10.2. The van der Waals surface area contributed by atoms with Gasteiger partial charge in [0.25, 0.3) is 0 Å². The number of hydrogen-bond donors (Lipinski definition) is 1. The monoisotopic (exact) mass is 366 g/mol. The molecule has 4 saturated carbocycles. The Hall–Kier alpha value is -1.51. The molecular formula is C24H34N2O. The number of carbonyl (C=O) groups excluding carboxylic acids is 1. The van der Waals surface area contributed by atoms with Crippen molar-refractivity contribution in [1.82, 2.24) is 0 Å². The van der Waals surface area contributed by atoms with Crippen LogP contribution in [-0.2, 0) is 4.79 Å². The summed E-state index contributed by atoms with van der Waals surface area (Å²) in [4.78, 5) is 15.3. The van der Waals surface area contributed by atoms with E-state index in [1.807, 2.05) is 0 Å². The molecule has 1 heterocycles. The van der Waals surface area contributed by atoms with E-state index in [0.29, 0.717) is 11.5 Å². The molecule has 4 aliphatic carbocycles. The fourth-order valence-corrected chi connectivity index (χ4v) is 7.27. The van der Waals surface area contributed by atoms with Gasteiger partial charge in [-0.15, -0.1) is 0 Å². The molecule has 3 heteroatoms. The molecule has 5 aliphatic rings. The third-order valence-electron chi connectivity index (χ3n) is 7.99. The van der Waals surface area contributed by atoms with Crippen LogP contribution >= 0.6 is 0 Å². The SMILES string of the molecule is C[C@@H]1CCCCN1c1ccc(NC(=O)CC23CC4CC(CC(C4)C2)C3)cc1. The van der Waals surface area contributed by atoms with E-state index in [1.54, 1.807) is 0 Å². The Balaban J connectivity index is 1.21. The third-order valence-corrected chi connectivity index (χ3v) is 7.99. The number of carbonyl (C=O) groups is 1. The lowest BCUT2D eigenvalue weighted by molar-refractivity contribution is -0.124.